The quantitative estimate of drug-likeness (QED) is 0.758. The first-order valence-corrected chi connectivity index (χ1v) is 9.03. The molecule has 0 fully saturated rings. The lowest BCUT2D eigenvalue weighted by Crippen LogP contribution is -2.37. The second kappa shape index (κ2) is 8.86. The third kappa shape index (κ3) is 5.09. The summed E-state index contributed by atoms with van der Waals surface area (Å²) < 4.78 is 6.07. The molecule has 2 aromatic carbocycles. The Morgan fingerprint density at radius 3 is 2.31 bits per heavy atom. The summed E-state index contributed by atoms with van der Waals surface area (Å²) in [4.78, 5) is 13.2. The van der Waals surface area contributed by atoms with Gasteiger partial charge in [-0.1, -0.05) is 48.9 Å². The van der Waals surface area contributed by atoms with Crippen molar-refractivity contribution in [3.05, 3.63) is 64.2 Å². The minimum atomic E-state index is -0.776. The Morgan fingerprint density at radius 2 is 1.77 bits per heavy atom. The summed E-state index contributed by atoms with van der Waals surface area (Å²) >= 11 is 0. The van der Waals surface area contributed by atoms with Gasteiger partial charge in [-0.2, -0.15) is 0 Å². The Hall–Kier alpha value is -2.33. The van der Waals surface area contributed by atoms with Gasteiger partial charge in [-0.05, 0) is 56.5 Å². The molecule has 0 aliphatic heterocycles. The van der Waals surface area contributed by atoms with Crippen LogP contribution in [0.4, 0.5) is 0 Å². The molecule has 2 aromatic rings. The number of ether oxygens (including phenoxy) is 1. The van der Waals surface area contributed by atoms with Crippen LogP contribution in [0.2, 0.25) is 0 Å². The lowest BCUT2D eigenvalue weighted by atomic mass is 10.0. The van der Waals surface area contributed by atoms with E-state index in [1.54, 1.807) is 0 Å². The van der Waals surface area contributed by atoms with Gasteiger partial charge in [0, 0.05) is 6.54 Å². The average molecular weight is 355 g/mol. The monoisotopic (exact) mass is 355 g/mol. The Morgan fingerprint density at radius 1 is 1.12 bits per heavy atom. The van der Waals surface area contributed by atoms with Gasteiger partial charge in [0.1, 0.15) is 18.4 Å². The van der Waals surface area contributed by atoms with Gasteiger partial charge in [-0.15, -0.1) is 0 Å². The molecule has 26 heavy (non-hydrogen) atoms. The third-order valence-corrected chi connectivity index (χ3v) is 4.62. The number of benzene rings is 2. The van der Waals surface area contributed by atoms with E-state index in [1.165, 1.54) is 5.56 Å². The maximum atomic E-state index is 11.3. The fourth-order valence-corrected chi connectivity index (χ4v) is 3.39. The molecule has 0 heterocycles. The predicted octanol–water partition coefficient (Wildman–Crippen LogP) is 4.49. The molecular weight excluding hydrogens is 326 g/mol. The third-order valence-electron chi connectivity index (χ3n) is 4.62. The number of carboxylic acid groups (broad SMARTS) is 1. The Labute approximate surface area is 156 Å². The highest BCUT2D eigenvalue weighted by Crippen LogP contribution is 2.27. The van der Waals surface area contributed by atoms with Crippen molar-refractivity contribution in [2.75, 3.05) is 7.05 Å². The van der Waals surface area contributed by atoms with Gasteiger partial charge >= 0.3 is 5.97 Å². The van der Waals surface area contributed by atoms with Gasteiger partial charge in [0.15, 0.2) is 0 Å². The summed E-state index contributed by atoms with van der Waals surface area (Å²) in [5.74, 6) is 0.129. The Balaban J connectivity index is 2.11. The Bertz CT molecular complexity index is 747. The summed E-state index contributed by atoms with van der Waals surface area (Å²) in [5.41, 5.74) is 5.63. The van der Waals surface area contributed by atoms with E-state index in [1.807, 2.05) is 38.8 Å². The molecule has 0 bridgehead atoms. The number of carboxylic acids is 1. The van der Waals surface area contributed by atoms with Crippen LogP contribution in [-0.4, -0.2) is 29.1 Å². The van der Waals surface area contributed by atoms with Crippen molar-refractivity contribution in [2.45, 2.75) is 53.3 Å². The van der Waals surface area contributed by atoms with Gasteiger partial charge in [-0.3, -0.25) is 9.69 Å². The molecule has 0 aliphatic carbocycles. The van der Waals surface area contributed by atoms with Crippen molar-refractivity contribution in [2.24, 2.45) is 0 Å². The minimum Gasteiger partial charge on any atom is -0.488 e. The predicted molar refractivity (Wildman–Crippen MR) is 105 cm³/mol. The Kier molecular flexibility index (Phi) is 6.81. The van der Waals surface area contributed by atoms with Crippen LogP contribution in [-0.2, 0) is 17.9 Å². The first-order chi connectivity index (χ1) is 12.3. The number of likely N-dealkylation sites (N-methyl/N-ethyl adjacent to an activating group) is 1. The zero-order chi connectivity index (χ0) is 19.3. The van der Waals surface area contributed by atoms with Crippen molar-refractivity contribution in [1.29, 1.82) is 0 Å². The molecule has 0 saturated carbocycles. The van der Waals surface area contributed by atoms with Crippen LogP contribution in [0.3, 0.4) is 0 Å². The highest BCUT2D eigenvalue weighted by Gasteiger charge is 2.20. The molecular formula is C22H29NO3. The SMILES string of the molecule is CCC(C(=O)O)N(C)Cc1cc(C)c(OCc2cccc(C)c2)c(C)c1. The van der Waals surface area contributed by atoms with Crippen molar-refractivity contribution in [3.8, 4) is 5.75 Å². The highest BCUT2D eigenvalue weighted by molar-refractivity contribution is 5.73. The molecule has 0 spiro atoms. The lowest BCUT2D eigenvalue weighted by molar-refractivity contribution is -0.143. The first kappa shape index (κ1) is 20.0. The largest absolute Gasteiger partial charge is 0.488 e. The van der Waals surface area contributed by atoms with E-state index in [0.29, 0.717) is 19.6 Å². The van der Waals surface area contributed by atoms with Gasteiger partial charge in [0.05, 0.1) is 0 Å². The number of hydrogen-bond acceptors (Lipinski definition) is 3. The molecule has 1 atom stereocenters. The number of aliphatic carboxylic acids is 1. The number of aryl methyl sites for hydroxylation is 3. The molecule has 1 unspecified atom stereocenters. The molecule has 0 amide bonds. The van der Waals surface area contributed by atoms with Gasteiger partial charge in [-0.25, -0.2) is 0 Å². The molecule has 0 aromatic heterocycles. The van der Waals surface area contributed by atoms with Crippen molar-refractivity contribution < 1.29 is 14.6 Å². The maximum Gasteiger partial charge on any atom is 0.320 e. The highest BCUT2D eigenvalue weighted by atomic mass is 16.5. The molecule has 4 heteroatoms. The molecule has 4 nitrogen and oxygen atoms in total. The average Bonchev–Trinajstić information content (AvgIpc) is 2.54. The molecule has 1 N–H and O–H groups in total. The standard InChI is InChI=1S/C22H29NO3/c1-6-20(22(24)25)23(5)13-19-11-16(3)21(17(4)12-19)26-14-18-9-7-8-15(2)10-18/h7-12,20H,6,13-14H2,1-5H3,(H,24,25). The van der Waals surface area contributed by atoms with E-state index in [9.17, 15) is 9.90 Å². The van der Waals surface area contributed by atoms with Gasteiger partial charge < -0.3 is 9.84 Å². The van der Waals surface area contributed by atoms with E-state index in [4.69, 9.17) is 4.74 Å². The first-order valence-electron chi connectivity index (χ1n) is 9.03. The number of hydrogen-bond donors (Lipinski definition) is 1. The van der Waals surface area contributed by atoms with Gasteiger partial charge in [0.25, 0.3) is 0 Å². The normalized spacial score (nSPS) is 12.2. The van der Waals surface area contributed by atoms with Crippen LogP contribution in [0, 0.1) is 20.8 Å². The maximum absolute atomic E-state index is 11.3. The molecule has 2 rings (SSSR count). The second-order valence-electron chi connectivity index (χ2n) is 7.01. The molecule has 0 radical (unpaired) electrons. The van der Waals surface area contributed by atoms with E-state index in [2.05, 4.69) is 37.3 Å². The van der Waals surface area contributed by atoms with Crippen molar-refractivity contribution in [3.63, 3.8) is 0 Å². The minimum absolute atomic E-state index is 0.465. The van der Waals surface area contributed by atoms with Crippen LogP contribution < -0.4 is 4.74 Å². The molecule has 140 valence electrons. The van der Waals surface area contributed by atoms with E-state index >= 15 is 0 Å². The van der Waals surface area contributed by atoms with Crippen molar-refractivity contribution >= 4 is 5.97 Å². The van der Waals surface area contributed by atoms with E-state index in [-0.39, 0.29) is 0 Å². The van der Waals surface area contributed by atoms with Crippen LogP contribution in [0.15, 0.2) is 36.4 Å². The number of carbonyl (C=O) groups is 1. The number of rotatable bonds is 8. The zero-order valence-corrected chi connectivity index (χ0v) is 16.4. The van der Waals surface area contributed by atoms with Crippen LogP contribution >= 0.6 is 0 Å². The van der Waals surface area contributed by atoms with E-state index < -0.39 is 12.0 Å². The van der Waals surface area contributed by atoms with Crippen LogP contribution in [0.25, 0.3) is 0 Å². The summed E-state index contributed by atoms with van der Waals surface area (Å²) in [6, 6.07) is 12.0. The lowest BCUT2D eigenvalue weighted by Gasteiger charge is -2.24. The molecule has 0 aliphatic rings. The smallest absolute Gasteiger partial charge is 0.320 e. The fourth-order valence-electron chi connectivity index (χ4n) is 3.39. The number of nitrogens with zero attached hydrogens (tertiary/aromatic N) is 1. The fraction of sp³-hybridized carbons (Fsp3) is 0.409. The summed E-state index contributed by atoms with van der Waals surface area (Å²) in [5, 5.41) is 9.31. The second-order valence-corrected chi connectivity index (χ2v) is 7.01. The van der Waals surface area contributed by atoms with Crippen molar-refractivity contribution in [1.82, 2.24) is 4.90 Å². The van der Waals surface area contributed by atoms with Crippen LogP contribution in [0.5, 0.6) is 5.75 Å². The summed E-state index contributed by atoms with van der Waals surface area (Å²) in [7, 11) is 1.86. The van der Waals surface area contributed by atoms with Gasteiger partial charge in [0.2, 0.25) is 0 Å². The van der Waals surface area contributed by atoms with Crippen LogP contribution in [0.1, 0.15) is 41.2 Å². The topological polar surface area (TPSA) is 49.8 Å². The molecule has 0 saturated heterocycles. The summed E-state index contributed by atoms with van der Waals surface area (Å²) in [6.07, 6.45) is 0.585. The summed E-state index contributed by atoms with van der Waals surface area (Å²) in [6.45, 7) is 9.19. The van der Waals surface area contributed by atoms with E-state index in [0.717, 1.165) is 28.0 Å². The zero-order valence-electron chi connectivity index (χ0n) is 16.4.